The van der Waals surface area contributed by atoms with Crippen LogP contribution in [0.15, 0.2) is 0 Å². The lowest BCUT2D eigenvalue weighted by Gasteiger charge is -2.26. The van der Waals surface area contributed by atoms with Gasteiger partial charge in [0.25, 0.3) is 0 Å². The van der Waals surface area contributed by atoms with Gasteiger partial charge in [0.05, 0.1) is 6.61 Å². The maximum absolute atomic E-state index is 9.65. The van der Waals surface area contributed by atoms with Crippen molar-refractivity contribution in [1.29, 1.82) is 0 Å². The van der Waals surface area contributed by atoms with Crippen LogP contribution in [-0.4, -0.2) is 70.9 Å². The summed E-state index contributed by atoms with van der Waals surface area (Å²) >= 11 is 0. The largest absolute Gasteiger partial charge is 0.382 e. The molecule has 5 atom stereocenters. The second kappa shape index (κ2) is 6.48. The molecule has 96 valence electrons. The average Bonchev–Trinajstić information content (AvgIpc) is 2.61. The van der Waals surface area contributed by atoms with Crippen molar-refractivity contribution in [1.82, 2.24) is 0 Å². The molecule has 0 aromatic carbocycles. The first kappa shape index (κ1) is 13.8. The van der Waals surface area contributed by atoms with Gasteiger partial charge >= 0.3 is 0 Å². The third-order valence-corrected chi connectivity index (χ3v) is 2.77. The van der Waals surface area contributed by atoms with Crippen molar-refractivity contribution in [2.24, 2.45) is 0 Å². The van der Waals surface area contributed by atoms with E-state index in [2.05, 4.69) is 0 Å². The van der Waals surface area contributed by atoms with E-state index in [0.29, 0.717) is 6.61 Å². The number of hydrogen-bond donors (Lipinski definition) is 1. The second-order valence-electron chi connectivity index (χ2n) is 3.62. The van der Waals surface area contributed by atoms with Gasteiger partial charge in [0, 0.05) is 28.4 Å². The first-order valence-corrected chi connectivity index (χ1v) is 5.10. The summed E-state index contributed by atoms with van der Waals surface area (Å²) in [7, 11) is 6.19. The van der Waals surface area contributed by atoms with Gasteiger partial charge < -0.3 is 28.8 Å². The van der Waals surface area contributed by atoms with Gasteiger partial charge in [-0.3, -0.25) is 0 Å². The molecule has 0 saturated carbocycles. The Labute approximate surface area is 95.4 Å². The maximum Gasteiger partial charge on any atom is 0.184 e. The van der Waals surface area contributed by atoms with Gasteiger partial charge in [-0.2, -0.15) is 0 Å². The molecule has 1 N–H and O–H groups in total. The summed E-state index contributed by atoms with van der Waals surface area (Å²) in [6.45, 7) is 0.365. The number of aliphatic hydroxyl groups is 1. The molecule has 1 saturated heterocycles. The molecule has 0 aliphatic carbocycles. The lowest BCUT2D eigenvalue weighted by Crippen LogP contribution is -2.43. The Hall–Kier alpha value is -0.240. The Morgan fingerprint density at radius 2 is 1.75 bits per heavy atom. The van der Waals surface area contributed by atoms with E-state index in [1.54, 1.807) is 21.3 Å². The molecular weight excluding hydrogens is 216 g/mol. The molecule has 1 rings (SSSR count). The molecule has 1 aliphatic rings. The van der Waals surface area contributed by atoms with Gasteiger partial charge in [0.2, 0.25) is 0 Å². The highest BCUT2D eigenvalue weighted by Gasteiger charge is 2.48. The molecule has 1 heterocycles. The molecule has 0 amide bonds. The van der Waals surface area contributed by atoms with E-state index in [1.807, 2.05) is 0 Å². The van der Waals surface area contributed by atoms with E-state index in [-0.39, 0.29) is 12.2 Å². The molecular formula is C10H20O6. The van der Waals surface area contributed by atoms with Crippen LogP contribution in [0.4, 0.5) is 0 Å². The fourth-order valence-corrected chi connectivity index (χ4v) is 1.94. The SMILES string of the molecule is COC[C@@H](OC)[C@H]1O[C@@H](O)[C@H](OC)[C@H]1OC. The molecule has 0 spiro atoms. The summed E-state index contributed by atoms with van der Waals surface area (Å²) in [6.07, 6.45) is -2.60. The van der Waals surface area contributed by atoms with Gasteiger partial charge in [-0.15, -0.1) is 0 Å². The van der Waals surface area contributed by atoms with Crippen LogP contribution in [0.5, 0.6) is 0 Å². The fraction of sp³-hybridized carbons (Fsp3) is 1.00. The van der Waals surface area contributed by atoms with Crippen molar-refractivity contribution in [3.05, 3.63) is 0 Å². The van der Waals surface area contributed by atoms with Crippen LogP contribution in [0.2, 0.25) is 0 Å². The van der Waals surface area contributed by atoms with Crippen LogP contribution in [0.25, 0.3) is 0 Å². The number of methoxy groups -OCH3 is 4. The number of ether oxygens (including phenoxy) is 5. The van der Waals surface area contributed by atoms with Crippen molar-refractivity contribution in [3.8, 4) is 0 Å². The first-order valence-electron chi connectivity index (χ1n) is 5.10. The molecule has 0 radical (unpaired) electrons. The molecule has 16 heavy (non-hydrogen) atoms. The number of aliphatic hydroxyl groups excluding tert-OH is 1. The Kier molecular flexibility index (Phi) is 5.60. The number of rotatable bonds is 6. The topological polar surface area (TPSA) is 66.4 Å². The van der Waals surface area contributed by atoms with Crippen molar-refractivity contribution >= 4 is 0 Å². The van der Waals surface area contributed by atoms with E-state index in [1.165, 1.54) is 7.11 Å². The van der Waals surface area contributed by atoms with Gasteiger partial charge in [-0.05, 0) is 0 Å². The summed E-state index contributed by atoms with van der Waals surface area (Å²) in [5.41, 5.74) is 0. The normalized spacial score (nSPS) is 36.6. The van der Waals surface area contributed by atoms with E-state index in [0.717, 1.165) is 0 Å². The number of hydrogen-bond acceptors (Lipinski definition) is 6. The summed E-state index contributed by atoms with van der Waals surface area (Å²) in [4.78, 5) is 0. The Bertz CT molecular complexity index is 200. The van der Waals surface area contributed by atoms with E-state index in [9.17, 15) is 5.11 Å². The minimum atomic E-state index is -1.01. The summed E-state index contributed by atoms with van der Waals surface area (Å²) < 4.78 is 26.1. The predicted molar refractivity (Wildman–Crippen MR) is 55.1 cm³/mol. The Morgan fingerprint density at radius 3 is 2.19 bits per heavy atom. The molecule has 0 aromatic rings. The van der Waals surface area contributed by atoms with Crippen LogP contribution >= 0.6 is 0 Å². The highest BCUT2D eigenvalue weighted by molar-refractivity contribution is 4.92. The molecule has 1 fully saturated rings. The Morgan fingerprint density at radius 1 is 1.12 bits per heavy atom. The van der Waals surface area contributed by atoms with Gasteiger partial charge in [-0.25, -0.2) is 0 Å². The van der Waals surface area contributed by atoms with Gasteiger partial charge in [-0.1, -0.05) is 0 Å². The van der Waals surface area contributed by atoms with Gasteiger partial charge in [0.15, 0.2) is 6.29 Å². The predicted octanol–water partition coefficient (Wildman–Crippen LogP) is -0.605. The van der Waals surface area contributed by atoms with Crippen molar-refractivity contribution in [3.63, 3.8) is 0 Å². The summed E-state index contributed by atoms with van der Waals surface area (Å²) in [5, 5.41) is 9.65. The lowest BCUT2D eigenvalue weighted by molar-refractivity contribution is -0.160. The molecule has 6 nitrogen and oxygen atoms in total. The summed E-state index contributed by atoms with van der Waals surface area (Å²) in [5.74, 6) is 0. The molecule has 0 unspecified atom stereocenters. The smallest absolute Gasteiger partial charge is 0.184 e. The average molecular weight is 236 g/mol. The molecule has 0 aromatic heterocycles. The zero-order valence-corrected chi connectivity index (χ0v) is 10.1. The standard InChI is InChI=1S/C10H20O6/c1-12-5-6(13-2)7-8(14-3)9(15-4)10(11)16-7/h6-11H,5H2,1-4H3/t6-,7-,8+,9-,10-/m1/s1. The summed E-state index contributed by atoms with van der Waals surface area (Å²) in [6, 6.07) is 0. The van der Waals surface area contributed by atoms with Crippen molar-refractivity contribution in [2.45, 2.75) is 30.7 Å². The first-order chi connectivity index (χ1) is 7.69. The minimum absolute atomic E-state index is 0.301. The van der Waals surface area contributed by atoms with Gasteiger partial charge in [0.1, 0.15) is 24.4 Å². The van der Waals surface area contributed by atoms with E-state index >= 15 is 0 Å². The fourth-order valence-electron chi connectivity index (χ4n) is 1.94. The van der Waals surface area contributed by atoms with Crippen LogP contribution in [0.1, 0.15) is 0 Å². The molecule has 1 aliphatic heterocycles. The van der Waals surface area contributed by atoms with Crippen LogP contribution in [0, 0.1) is 0 Å². The zero-order valence-electron chi connectivity index (χ0n) is 10.1. The highest BCUT2D eigenvalue weighted by Crippen LogP contribution is 2.27. The molecule has 6 heteroatoms. The van der Waals surface area contributed by atoms with Crippen molar-refractivity contribution < 1.29 is 28.8 Å². The van der Waals surface area contributed by atoms with Crippen molar-refractivity contribution in [2.75, 3.05) is 35.0 Å². The highest BCUT2D eigenvalue weighted by atomic mass is 16.7. The van der Waals surface area contributed by atoms with Crippen LogP contribution in [0.3, 0.4) is 0 Å². The second-order valence-corrected chi connectivity index (χ2v) is 3.62. The van der Waals surface area contributed by atoms with E-state index < -0.39 is 18.5 Å². The lowest BCUT2D eigenvalue weighted by atomic mass is 10.1. The quantitative estimate of drug-likeness (QED) is 0.664. The third kappa shape index (κ3) is 2.71. The monoisotopic (exact) mass is 236 g/mol. The molecule has 0 bridgehead atoms. The zero-order chi connectivity index (χ0) is 12.1. The maximum atomic E-state index is 9.65. The van der Waals surface area contributed by atoms with E-state index in [4.69, 9.17) is 23.7 Å². The van der Waals surface area contributed by atoms with Crippen LogP contribution < -0.4 is 0 Å². The minimum Gasteiger partial charge on any atom is -0.382 e. The van der Waals surface area contributed by atoms with Crippen LogP contribution in [-0.2, 0) is 23.7 Å². The third-order valence-electron chi connectivity index (χ3n) is 2.77. The Balaban J connectivity index is 2.71.